The Bertz CT molecular complexity index is 619. The van der Waals surface area contributed by atoms with Crippen LogP contribution in [-0.4, -0.2) is 15.7 Å². The highest BCUT2D eigenvalue weighted by molar-refractivity contribution is 6.04. The fourth-order valence-corrected chi connectivity index (χ4v) is 1.55. The first kappa shape index (κ1) is 11.9. The molecular weight excluding hydrogens is 228 g/mol. The van der Waals surface area contributed by atoms with E-state index in [9.17, 15) is 4.79 Å². The molecule has 0 aliphatic rings. The molecule has 0 bridgehead atoms. The van der Waals surface area contributed by atoms with Crippen LogP contribution < -0.4 is 5.32 Å². The molecule has 0 radical (unpaired) electrons. The molecule has 0 saturated carbocycles. The third kappa shape index (κ3) is 2.23. The molecule has 2 aromatic rings. The van der Waals surface area contributed by atoms with E-state index < -0.39 is 0 Å². The van der Waals surface area contributed by atoms with Gasteiger partial charge in [0, 0.05) is 18.4 Å². The predicted molar refractivity (Wildman–Crippen MR) is 67.1 cm³/mol. The van der Waals surface area contributed by atoms with E-state index in [4.69, 9.17) is 5.26 Å². The topological polar surface area (TPSA) is 70.7 Å². The molecule has 5 heteroatoms. The van der Waals surface area contributed by atoms with Crippen LogP contribution in [0, 0.1) is 18.3 Å². The van der Waals surface area contributed by atoms with Crippen molar-refractivity contribution in [3.05, 3.63) is 47.3 Å². The zero-order chi connectivity index (χ0) is 13.1. The van der Waals surface area contributed by atoms with Crippen LogP contribution in [0.5, 0.6) is 0 Å². The summed E-state index contributed by atoms with van der Waals surface area (Å²) in [4.78, 5) is 12.0. The van der Waals surface area contributed by atoms with Crippen molar-refractivity contribution in [3.8, 4) is 6.07 Å². The van der Waals surface area contributed by atoms with Gasteiger partial charge in [0.1, 0.15) is 0 Å². The van der Waals surface area contributed by atoms with Gasteiger partial charge in [0.25, 0.3) is 5.91 Å². The van der Waals surface area contributed by atoms with E-state index in [1.54, 1.807) is 36.0 Å². The van der Waals surface area contributed by atoms with Crippen molar-refractivity contribution in [2.75, 3.05) is 5.32 Å². The third-order valence-electron chi connectivity index (χ3n) is 2.75. The highest BCUT2D eigenvalue weighted by Gasteiger charge is 2.12. The van der Waals surface area contributed by atoms with Gasteiger partial charge in [0.2, 0.25) is 0 Å². The zero-order valence-electron chi connectivity index (χ0n) is 10.1. The second kappa shape index (κ2) is 4.72. The summed E-state index contributed by atoms with van der Waals surface area (Å²) < 4.78 is 1.65. The fraction of sp³-hybridized carbons (Fsp3) is 0.154. The summed E-state index contributed by atoms with van der Waals surface area (Å²) in [6.45, 7) is 1.83. The second-order valence-electron chi connectivity index (χ2n) is 3.91. The first-order chi connectivity index (χ1) is 8.61. The molecule has 1 amide bonds. The monoisotopic (exact) mass is 240 g/mol. The Balaban J connectivity index is 2.16. The van der Waals surface area contributed by atoms with Gasteiger partial charge in [-0.05, 0) is 31.2 Å². The molecule has 18 heavy (non-hydrogen) atoms. The van der Waals surface area contributed by atoms with Crippen molar-refractivity contribution in [1.29, 1.82) is 5.26 Å². The molecule has 0 spiro atoms. The van der Waals surface area contributed by atoms with Gasteiger partial charge < -0.3 is 5.32 Å². The Morgan fingerprint density at radius 2 is 2.06 bits per heavy atom. The third-order valence-corrected chi connectivity index (χ3v) is 2.75. The van der Waals surface area contributed by atoms with Crippen LogP contribution in [0.25, 0.3) is 0 Å². The first-order valence-electron chi connectivity index (χ1n) is 5.42. The lowest BCUT2D eigenvalue weighted by Gasteiger charge is -2.04. The van der Waals surface area contributed by atoms with Crippen molar-refractivity contribution >= 4 is 11.6 Å². The van der Waals surface area contributed by atoms with Crippen molar-refractivity contribution < 1.29 is 4.79 Å². The normalized spacial score (nSPS) is 9.83. The Labute approximate surface area is 105 Å². The number of carbonyl (C=O) groups is 1. The second-order valence-corrected chi connectivity index (χ2v) is 3.91. The van der Waals surface area contributed by atoms with Crippen LogP contribution in [0.15, 0.2) is 30.5 Å². The van der Waals surface area contributed by atoms with Crippen LogP contribution >= 0.6 is 0 Å². The standard InChI is InChI=1S/C13H12N4O/c1-9-12(8-15-17(9)2)13(18)16-11-5-3-10(7-14)4-6-11/h3-6,8H,1-2H3,(H,16,18). The van der Waals surface area contributed by atoms with Crippen molar-refractivity contribution in [3.63, 3.8) is 0 Å². The molecule has 0 saturated heterocycles. The minimum absolute atomic E-state index is 0.203. The highest BCUT2D eigenvalue weighted by Crippen LogP contribution is 2.12. The number of amides is 1. The van der Waals surface area contributed by atoms with Gasteiger partial charge in [-0.15, -0.1) is 0 Å². The summed E-state index contributed by atoms with van der Waals surface area (Å²) in [6, 6.07) is 8.74. The maximum absolute atomic E-state index is 12.0. The molecule has 1 N–H and O–H groups in total. The summed E-state index contributed by atoms with van der Waals surface area (Å²) in [5.74, 6) is -0.203. The lowest BCUT2D eigenvalue weighted by Crippen LogP contribution is -2.12. The van der Waals surface area contributed by atoms with Crippen molar-refractivity contribution in [1.82, 2.24) is 9.78 Å². The van der Waals surface area contributed by atoms with Crippen molar-refractivity contribution in [2.45, 2.75) is 6.92 Å². The molecule has 5 nitrogen and oxygen atoms in total. The van der Waals surface area contributed by atoms with Crippen LogP contribution in [0.1, 0.15) is 21.6 Å². The molecule has 0 aliphatic heterocycles. The summed E-state index contributed by atoms with van der Waals surface area (Å²) in [5, 5.41) is 15.5. The summed E-state index contributed by atoms with van der Waals surface area (Å²) in [7, 11) is 1.79. The Hall–Kier alpha value is -2.61. The minimum Gasteiger partial charge on any atom is -0.322 e. The molecule has 2 rings (SSSR count). The van der Waals surface area contributed by atoms with Crippen molar-refractivity contribution in [2.24, 2.45) is 7.05 Å². The molecular formula is C13H12N4O. The molecule has 1 heterocycles. The van der Waals surface area contributed by atoms with E-state index in [-0.39, 0.29) is 5.91 Å². The van der Waals surface area contributed by atoms with Gasteiger partial charge in [-0.25, -0.2) is 0 Å². The van der Waals surface area contributed by atoms with Crippen LogP contribution in [0.2, 0.25) is 0 Å². The van der Waals surface area contributed by atoms with E-state index in [0.29, 0.717) is 16.8 Å². The number of benzene rings is 1. The summed E-state index contributed by atoms with van der Waals surface area (Å²) >= 11 is 0. The van der Waals surface area contributed by atoms with Gasteiger partial charge in [-0.2, -0.15) is 10.4 Å². The van der Waals surface area contributed by atoms with Crippen LogP contribution in [0.4, 0.5) is 5.69 Å². The minimum atomic E-state index is -0.203. The lowest BCUT2D eigenvalue weighted by atomic mass is 10.2. The van der Waals surface area contributed by atoms with Gasteiger partial charge in [0.05, 0.1) is 23.4 Å². The van der Waals surface area contributed by atoms with Gasteiger partial charge in [-0.3, -0.25) is 9.48 Å². The molecule has 0 fully saturated rings. The number of carbonyl (C=O) groups excluding carboxylic acids is 1. The number of nitrogens with zero attached hydrogens (tertiary/aromatic N) is 3. The SMILES string of the molecule is Cc1c(C(=O)Nc2ccc(C#N)cc2)cnn1C. The molecule has 0 unspecified atom stereocenters. The molecule has 1 aromatic carbocycles. The average Bonchev–Trinajstić information content (AvgIpc) is 2.71. The molecule has 90 valence electrons. The fourth-order valence-electron chi connectivity index (χ4n) is 1.55. The Morgan fingerprint density at radius 1 is 1.39 bits per heavy atom. The molecule has 0 aliphatic carbocycles. The molecule has 0 atom stereocenters. The summed E-state index contributed by atoms with van der Waals surface area (Å²) in [5.41, 5.74) is 2.57. The number of nitrogens with one attached hydrogen (secondary N) is 1. The summed E-state index contributed by atoms with van der Waals surface area (Å²) in [6.07, 6.45) is 1.54. The van der Waals surface area contributed by atoms with E-state index in [1.165, 1.54) is 6.20 Å². The van der Waals surface area contributed by atoms with E-state index in [1.807, 2.05) is 13.0 Å². The van der Waals surface area contributed by atoms with E-state index in [0.717, 1.165) is 5.69 Å². The number of rotatable bonds is 2. The van der Waals surface area contributed by atoms with Gasteiger partial charge in [-0.1, -0.05) is 0 Å². The Morgan fingerprint density at radius 3 is 2.56 bits per heavy atom. The average molecular weight is 240 g/mol. The lowest BCUT2D eigenvalue weighted by molar-refractivity contribution is 0.102. The number of nitriles is 1. The number of hydrogen-bond acceptors (Lipinski definition) is 3. The van der Waals surface area contributed by atoms with E-state index >= 15 is 0 Å². The maximum Gasteiger partial charge on any atom is 0.259 e. The Kier molecular flexibility index (Phi) is 3.11. The van der Waals surface area contributed by atoms with Crippen LogP contribution in [0.3, 0.4) is 0 Å². The number of hydrogen-bond donors (Lipinski definition) is 1. The first-order valence-corrected chi connectivity index (χ1v) is 5.42. The quantitative estimate of drug-likeness (QED) is 0.870. The van der Waals surface area contributed by atoms with Gasteiger partial charge >= 0.3 is 0 Å². The van der Waals surface area contributed by atoms with Crippen LogP contribution in [-0.2, 0) is 7.05 Å². The smallest absolute Gasteiger partial charge is 0.259 e. The predicted octanol–water partition coefficient (Wildman–Crippen LogP) is 1.85. The van der Waals surface area contributed by atoms with Gasteiger partial charge in [0.15, 0.2) is 0 Å². The number of aromatic nitrogens is 2. The molecule has 1 aromatic heterocycles. The zero-order valence-corrected chi connectivity index (χ0v) is 10.1. The largest absolute Gasteiger partial charge is 0.322 e. The maximum atomic E-state index is 12.0. The highest BCUT2D eigenvalue weighted by atomic mass is 16.1. The number of anilines is 1. The number of aryl methyl sites for hydroxylation is 1. The van der Waals surface area contributed by atoms with E-state index in [2.05, 4.69) is 10.4 Å².